The number of aliphatic hydroxyl groups is 1. The Morgan fingerprint density at radius 1 is 1.50 bits per heavy atom. The lowest BCUT2D eigenvalue weighted by Gasteiger charge is -2.14. The molecule has 5 nitrogen and oxygen atoms in total. The number of hydrogen-bond donors (Lipinski definition) is 2. The highest BCUT2D eigenvalue weighted by Gasteiger charge is 2.25. The monoisotopic (exact) mass is 393 g/mol. The quantitative estimate of drug-likeness (QED) is 0.774. The minimum absolute atomic E-state index is 0.0200. The molecule has 0 aliphatic rings. The number of rotatable bonds is 6. The minimum atomic E-state index is -4.16. The molecule has 0 saturated carbocycles. The number of nitrogens with one attached hydrogen (secondary N) is 1. The van der Waals surface area contributed by atoms with Crippen molar-refractivity contribution in [1.82, 2.24) is 4.72 Å². The highest BCUT2D eigenvalue weighted by molar-refractivity contribution is 9.10. The van der Waals surface area contributed by atoms with Crippen molar-refractivity contribution in [3.63, 3.8) is 0 Å². The highest BCUT2D eigenvalue weighted by atomic mass is 79.9. The Balaban J connectivity index is 3.10. The Hall–Kier alpha value is -0.480. The average Bonchev–Trinajstić information content (AvgIpc) is 2.35. The lowest BCUT2D eigenvalue weighted by Crippen LogP contribution is -2.36. The van der Waals surface area contributed by atoms with Gasteiger partial charge < -0.3 is 9.84 Å². The van der Waals surface area contributed by atoms with Gasteiger partial charge in [0.1, 0.15) is 11.0 Å². The molecule has 1 rings (SSSR count). The molecule has 0 aliphatic carbocycles. The van der Waals surface area contributed by atoms with E-state index in [0.29, 0.717) is 4.47 Å². The standard InChI is InChI=1S/C10H11BrClF2NO4S/c1-19-9-6(11)2-5(12)3-8(9)20(17,18)15-4-7(16)10(13)14/h2-3,7,10,15-16H,4H2,1H3. The smallest absolute Gasteiger partial charge is 0.265 e. The maximum Gasteiger partial charge on any atom is 0.265 e. The molecule has 0 spiro atoms. The van der Waals surface area contributed by atoms with E-state index < -0.39 is 29.1 Å². The molecular formula is C10H11BrClF2NO4S. The van der Waals surface area contributed by atoms with Gasteiger partial charge in [0, 0.05) is 11.6 Å². The summed E-state index contributed by atoms with van der Waals surface area (Å²) in [5.41, 5.74) is 0. The fourth-order valence-corrected chi connectivity index (χ4v) is 3.73. The number of alkyl halides is 2. The molecule has 1 unspecified atom stereocenters. The summed E-state index contributed by atoms with van der Waals surface area (Å²) >= 11 is 8.83. The second kappa shape index (κ2) is 6.99. The van der Waals surface area contributed by atoms with Gasteiger partial charge in [-0.3, -0.25) is 0 Å². The topological polar surface area (TPSA) is 75.6 Å². The van der Waals surface area contributed by atoms with E-state index in [4.69, 9.17) is 21.4 Å². The number of benzene rings is 1. The third-order valence-corrected chi connectivity index (χ3v) is 4.48. The Bertz CT molecular complexity index is 585. The van der Waals surface area contributed by atoms with Gasteiger partial charge in [0.2, 0.25) is 10.0 Å². The second-order valence-electron chi connectivity index (χ2n) is 3.67. The number of sulfonamides is 1. The van der Waals surface area contributed by atoms with Crippen LogP contribution in [0, 0.1) is 0 Å². The summed E-state index contributed by atoms with van der Waals surface area (Å²) in [4.78, 5) is -0.319. The van der Waals surface area contributed by atoms with Gasteiger partial charge in [-0.25, -0.2) is 21.9 Å². The largest absolute Gasteiger partial charge is 0.494 e. The van der Waals surface area contributed by atoms with E-state index in [9.17, 15) is 17.2 Å². The zero-order valence-corrected chi connectivity index (χ0v) is 13.3. The molecule has 0 aliphatic heterocycles. The van der Waals surface area contributed by atoms with Crippen LogP contribution in [0.1, 0.15) is 0 Å². The van der Waals surface area contributed by atoms with Crippen LogP contribution in [-0.2, 0) is 10.0 Å². The Kier molecular flexibility index (Phi) is 6.14. The molecule has 0 fully saturated rings. The lowest BCUT2D eigenvalue weighted by atomic mass is 10.3. The third-order valence-electron chi connectivity index (χ3n) is 2.24. The van der Waals surface area contributed by atoms with Crippen molar-refractivity contribution in [3.05, 3.63) is 21.6 Å². The molecule has 0 bridgehead atoms. The molecule has 2 N–H and O–H groups in total. The first-order chi connectivity index (χ1) is 9.19. The summed E-state index contributed by atoms with van der Waals surface area (Å²) in [5, 5.41) is 9.05. The number of methoxy groups -OCH3 is 1. The van der Waals surface area contributed by atoms with Crippen molar-refractivity contribution in [1.29, 1.82) is 0 Å². The molecule has 10 heteroatoms. The van der Waals surface area contributed by atoms with E-state index in [1.54, 1.807) is 0 Å². The van der Waals surface area contributed by atoms with Crippen LogP contribution in [0.25, 0.3) is 0 Å². The van der Waals surface area contributed by atoms with Crippen LogP contribution in [0.3, 0.4) is 0 Å². The van der Waals surface area contributed by atoms with Gasteiger partial charge in [0.25, 0.3) is 6.43 Å². The van der Waals surface area contributed by atoms with Crippen LogP contribution < -0.4 is 9.46 Å². The molecule has 0 amide bonds. The maximum absolute atomic E-state index is 12.1. The summed E-state index contributed by atoms with van der Waals surface area (Å²) < 4.78 is 55.4. The number of ether oxygens (including phenoxy) is 1. The van der Waals surface area contributed by atoms with Crippen molar-refractivity contribution in [2.45, 2.75) is 17.4 Å². The van der Waals surface area contributed by atoms with Gasteiger partial charge in [-0.1, -0.05) is 11.6 Å². The first kappa shape index (κ1) is 17.6. The van der Waals surface area contributed by atoms with Gasteiger partial charge in [0.05, 0.1) is 11.6 Å². The second-order valence-corrected chi connectivity index (χ2v) is 6.70. The fourth-order valence-electron chi connectivity index (χ4n) is 1.30. The van der Waals surface area contributed by atoms with E-state index in [2.05, 4.69) is 15.9 Å². The first-order valence-corrected chi connectivity index (χ1v) is 7.83. The van der Waals surface area contributed by atoms with E-state index >= 15 is 0 Å². The van der Waals surface area contributed by atoms with Crippen LogP contribution in [0.5, 0.6) is 5.75 Å². The van der Waals surface area contributed by atoms with E-state index in [1.807, 2.05) is 4.72 Å². The molecule has 20 heavy (non-hydrogen) atoms. The zero-order chi connectivity index (χ0) is 15.5. The Labute approximate surface area is 128 Å². The minimum Gasteiger partial charge on any atom is -0.494 e. The Morgan fingerprint density at radius 3 is 2.60 bits per heavy atom. The number of hydrogen-bond acceptors (Lipinski definition) is 4. The molecule has 1 aromatic rings. The van der Waals surface area contributed by atoms with Crippen molar-refractivity contribution in [2.75, 3.05) is 13.7 Å². The van der Waals surface area contributed by atoms with E-state index in [0.717, 1.165) is 6.07 Å². The average molecular weight is 395 g/mol. The van der Waals surface area contributed by atoms with Crippen molar-refractivity contribution in [3.8, 4) is 5.75 Å². The van der Waals surface area contributed by atoms with Crippen molar-refractivity contribution < 1.29 is 27.0 Å². The molecule has 0 radical (unpaired) electrons. The van der Waals surface area contributed by atoms with Crippen LogP contribution in [0.15, 0.2) is 21.5 Å². The molecular weight excluding hydrogens is 384 g/mol. The summed E-state index contributed by atoms with van der Waals surface area (Å²) in [7, 11) is -2.91. The SMILES string of the molecule is COc1c(Br)cc(Cl)cc1S(=O)(=O)NCC(O)C(F)F. The van der Waals surface area contributed by atoms with E-state index in [1.165, 1.54) is 13.2 Å². The van der Waals surface area contributed by atoms with Crippen LogP contribution in [0.4, 0.5) is 8.78 Å². The summed E-state index contributed by atoms with van der Waals surface area (Å²) in [6.45, 7) is -0.826. The van der Waals surface area contributed by atoms with Crippen LogP contribution >= 0.6 is 27.5 Å². The summed E-state index contributed by atoms with van der Waals surface area (Å²) in [6.07, 6.45) is -5.15. The molecule has 1 aromatic carbocycles. The molecule has 0 heterocycles. The van der Waals surface area contributed by atoms with Crippen molar-refractivity contribution >= 4 is 37.6 Å². The molecule has 1 atom stereocenters. The summed E-state index contributed by atoms with van der Waals surface area (Å²) in [5.74, 6) is -0.0200. The lowest BCUT2D eigenvalue weighted by molar-refractivity contribution is -0.000454. The molecule has 0 saturated heterocycles. The van der Waals surface area contributed by atoms with Gasteiger partial charge >= 0.3 is 0 Å². The number of halogens is 4. The summed E-state index contributed by atoms with van der Waals surface area (Å²) in [6, 6.07) is 2.54. The van der Waals surface area contributed by atoms with Gasteiger partial charge in [-0.05, 0) is 28.1 Å². The molecule has 0 aromatic heterocycles. The normalized spacial score (nSPS) is 13.6. The predicted molar refractivity (Wildman–Crippen MR) is 72.9 cm³/mol. The van der Waals surface area contributed by atoms with Gasteiger partial charge in [-0.15, -0.1) is 0 Å². The number of aliphatic hydroxyl groups excluding tert-OH is 1. The highest BCUT2D eigenvalue weighted by Crippen LogP contribution is 2.35. The zero-order valence-electron chi connectivity index (χ0n) is 10.1. The molecule has 114 valence electrons. The van der Waals surface area contributed by atoms with Crippen LogP contribution in [-0.4, -0.2) is 39.7 Å². The Morgan fingerprint density at radius 2 is 2.10 bits per heavy atom. The van der Waals surface area contributed by atoms with Gasteiger partial charge in [0.15, 0.2) is 5.75 Å². The van der Waals surface area contributed by atoms with E-state index in [-0.39, 0.29) is 15.7 Å². The predicted octanol–water partition coefficient (Wildman–Crippen LogP) is 2.02. The fraction of sp³-hybridized carbons (Fsp3) is 0.400. The van der Waals surface area contributed by atoms with Gasteiger partial charge in [-0.2, -0.15) is 0 Å². The van der Waals surface area contributed by atoms with Crippen LogP contribution in [0.2, 0.25) is 5.02 Å². The maximum atomic E-state index is 12.1. The van der Waals surface area contributed by atoms with Crippen molar-refractivity contribution in [2.24, 2.45) is 0 Å². The first-order valence-electron chi connectivity index (χ1n) is 5.18. The third kappa shape index (κ3) is 4.26.